The van der Waals surface area contributed by atoms with Gasteiger partial charge in [0.2, 0.25) is 0 Å². The second-order valence-electron chi connectivity index (χ2n) is 3.70. The van der Waals surface area contributed by atoms with Crippen LogP contribution in [-0.2, 0) is 0 Å². The minimum atomic E-state index is -0.935. The van der Waals surface area contributed by atoms with Crippen LogP contribution in [0.15, 0.2) is 23.6 Å². The van der Waals surface area contributed by atoms with E-state index in [-0.39, 0.29) is 11.7 Å². The number of nitrogens with one attached hydrogen (secondary N) is 1. The van der Waals surface area contributed by atoms with Crippen LogP contribution in [-0.4, -0.2) is 32.7 Å². The molecule has 0 fully saturated rings. The number of carbonyl (C=O) groups excluding carboxylic acids is 1. The van der Waals surface area contributed by atoms with Gasteiger partial charge in [0, 0.05) is 0 Å². The first kappa shape index (κ1) is 11.9. The van der Waals surface area contributed by atoms with Gasteiger partial charge in [-0.2, -0.15) is 10.2 Å². The van der Waals surface area contributed by atoms with E-state index in [1.54, 1.807) is 13.8 Å². The average Bonchev–Trinajstić information content (AvgIpc) is 2.28. The van der Waals surface area contributed by atoms with Crippen LogP contribution in [0.3, 0.4) is 0 Å². The lowest BCUT2D eigenvalue weighted by atomic mass is 10.0. The molecule has 86 valence electrons. The molecule has 1 aromatic rings. The van der Waals surface area contributed by atoms with Gasteiger partial charge in [-0.05, 0) is 19.9 Å². The number of nitrogens with zero attached hydrogens (tertiary/aromatic N) is 3. The Morgan fingerprint density at radius 1 is 1.56 bits per heavy atom. The highest BCUT2D eigenvalue weighted by Crippen LogP contribution is 2.04. The number of rotatable bonds is 3. The zero-order chi connectivity index (χ0) is 12.2. The quantitative estimate of drug-likeness (QED) is 0.282. The van der Waals surface area contributed by atoms with Crippen molar-refractivity contribution in [2.24, 2.45) is 10.9 Å². The molecule has 16 heavy (non-hydrogen) atoms. The van der Waals surface area contributed by atoms with Crippen molar-refractivity contribution in [1.29, 1.82) is 0 Å². The second kappa shape index (κ2) is 4.56. The molecule has 0 unspecified atom stereocenters. The summed E-state index contributed by atoms with van der Waals surface area (Å²) < 4.78 is 0. The molecule has 0 aliphatic rings. The third kappa shape index (κ3) is 2.66. The van der Waals surface area contributed by atoms with Crippen LogP contribution in [0.5, 0.6) is 0 Å². The van der Waals surface area contributed by atoms with Gasteiger partial charge in [0.15, 0.2) is 5.84 Å². The maximum atomic E-state index is 11.7. The number of amides is 1. The van der Waals surface area contributed by atoms with E-state index in [1.165, 1.54) is 18.5 Å². The summed E-state index contributed by atoms with van der Waals surface area (Å²) in [7, 11) is 0. The molecule has 1 heterocycles. The first-order chi connectivity index (χ1) is 7.47. The Morgan fingerprint density at radius 2 is 2.25 bits per heavy atom. The van der Waals surface area contributed by atoms with E-state index in [4.69, 9.17) is 10.9 Å². The molecule has 0 bridgehead atoms. The minimum absolute atomic E-state index is 0.0807. The van der Waals surface area contributed by atoms with E-state index in [9.17, 15) is 4.79 Å². The third-order valence-electron chi connectivity index (χ3n) is 2.02. The van der Waals surface area contributed by atoms with Crippen LogP contribution in [0.2, 0.25) is 0 Å². The molecule has 0 aliphatic heterocycles. The fourth-order valence-electron chi connectivity index (χ4n) is 0.970. The second-order valence-corrected chi connectivity index (χ2v) is 3.70. The molecule has 0 saturated carbocycles. The number of hydrogen-bond donors (Lipinski definition) is 3. The zero-order valence-corrected chi connectivity index (χ0v) is 9.01. The highest BCUT2D eigenvalue weighted by molar-refractivity contribution is 5.99. The molecule has 0 radical (unpaired) electrons. The smallest absolute Gasteiger partial charge is 0.253 e. The lowest BCUT2D eigenvalue weighted by Gasteiger charge is -2.24. The molecule has 0 atom stereocenters. The molecule has 7 nitrogen and oxygen atoms in total. The molecule has 1 amide bonds. The van der Waals surface area contributed by atoms with Gasteiger partial charge < -0.3 is 16.3 Å². The normalized spacial score (nSPS) is 12.2. The van der Waals surface area contributed by atoms with E-state index in [1.807, 2.05) is 0 Å². The van der Waals surface area contributed by atoms with E-state index < -0.39 is 5.54 Å². The van der Waals surface area contributed by atoms with Gasteiger partial charge in [-0.25, -0.2) is 0 Å². The minimum Gasteiger partial charge on any atom is -0.409 e. The number of amidine groups is 1. The van der Waals surface area contributed by atoms with Crippen molar-refractivity contribution in [2.45, 2.75) is 19.4 Å². The Labute approximate surface area is 92.4 Å². The predicted octanol–water partition coefficient (Wildman–Crippen LogP) is -0.269. The van der Waals surface area contributed by atoms with Crippen molar-refractivity contribution in [3.63, 3.8) is 0 Å². The van der Waals surface area contributed by atoms with Crippen LogP contribution in [0.4, 0.5) is 0 Å². The van der Waals surface area contributed by atoms with Gasteiger partial charge in [-0.3, -0.25) is 4.79 Å². The maximum Gasteiger partial charge on any atom is 0.253 e. The molecule has 0 spiro atoms. The van der Waals surface area contributed by atoms with Gasteiger partial charge in [0.1, 0.15) is 0 Å². The van der Waals surface area contributed by atoms with E-state index in [0.717, 1.165) is 0 Å². The fourth-order valence-corrected chi connectivity index (χ4v) is 0.970. The molecule has 7 heteroatoms. The maximum absolute atomic E-state index is 11.7. The predicted molar refractivity (Wildman–Crippen MR) is 57.0 cm³/mol. The summed E-state index contributed by atoms with van der Waals surface area (Å²) in [5.74, 6) is -0.450. The van der Waals surface area contributed by atoms with Crippen LogP contribution in [0, 0.1) is 0 Å². The summed E-state index contributed by atoms with van der Waals surface area (Å²) in [4.78, 5) is 11.7. The van der Waals surface area contributed by atoms with E-state index in [0.29, 0.717) is 5.56 Å². The van der Waals surface area contributed by atoms with Crippen molar-refractivity contribution >= 4 is 11.7 Å². The van der Waals surface area contributed by atoms with Crippen molar-refractivity contribution in [1.82, 2.24) is 15.5 Å². The fraction of sp³-hybridized carbons (Fsp3) is 0.333. The average molecular weight is 223 g/mol. The Bertz CT molecular complexity index is 402. The van der Waals surface area contributed by atoms with Gasteiger partial charge in [-0.1, -0.05) is 5.16 Å². The first-order valence-corrected chi connectivity index (χ1v) is 4.54. The van der Waals surface area contributed by atoms with Gasteiger partial charge in [-0.15, -0.1) is 0 Å². The van der Waals surface area contributed by atoms with Crippen LogP contribution in [0.25, 0.3) is 0 Å². The van der Waals surface area contributed by atoms with Crippen LogP contribution < -0.4 is 11.1 Å². The largest absolute Gasteiger partial charge is 0.409 e. The molecule has 0 saturated heterocycles. The summed E-state index contributed by atoms with van der Waals surface area (Å²) in [6, 6.07) is 1.52. The van der Waals surface area contributed by atoms with Crippen LogP contribution in [0.1, 0.15) is 24.2 Å². The molecular formula is C9H13N5O2. The van der Waals surface area contributed by atoms with Gasteiger partial charge >= 0.3 is 0 Å². The van der Waals surface area contributed by atoms with Crippen molar-refractivity contribution < 1.29 is 10.0 Å². The number of nitrogens with two attached hydrogens (primary N) is 1. The van der Waals surface area contributed by atoms with Gasteiger partial charge in [0.05, 0.1) is 23.5 Å². The highest BCUT2D eigenvalue weighted by atomic mass is 16.4. The SMILES string of the molecule is CC(C)(NC(=O)c1ccnnc1)/C(N)=N/O. The molecule has 1 aromatic heterocycles. The monoisotopic (exact) mass is 223 g/mol. The van der Waals surface area contributed by atoms with E-state index >= 15 is 0 Å². The van der Waals surface area contributed by atoms with Crippen molar-refractivity contribution in [3.8, 4) is 0 Å². The molecule has 0 aliphatic carbocycles. The number of oxime groups is 1. The number of carbonyl (C=O) groups is 1. The number of hydrogen-bond acceptors (Lipinski definition) is 5. The molecular weight excluding hydrogens is 210 g/mol. The third-order valence-corrected chi connectivity index (χ3v) is 2.02. The lowest BCUT2D eigenvalue weighted by Crippen LogP contribution is -2.53. The highest BCUT2D eigenvalue weighted by Gasteiger charge is 2.26. The Balaban J connectivity index is 2.80. The molecule has 1 rings (SSSR count). The standard InChI is InChI=1S/C9H13N5O2/c1-9(2,8(10)14-16)13-7(15)6-3-4-11-12-5-6/h3-5,16H,1-2H3,(H2,10,14)(H,13,15). The van der Waals surface area contributed by atoms with Gasteiger partial charge in [0.25, 0.3) is 5.91 Å². The van der Waals surface area contributed by atoms with Crippen molar-refractivity contribution in [2.75, 3.05) is 0 Å². The topological polar surface area (TPSA) is 113 Å². The first-order valence-electron chi connectivity index (χ1n) is 4.54. The Hall–Kier alpha value is -2.18. The van der Waals surface area contributed by atoms with Crippen LogP contribution >= 0.6 is 0 Å². The summed E-state index contributed by atoms with van der Waals surface area (Å²) in [6.45, 7) is 3.24. The lowest BCUT2D eigenvalue weighted by molar-refractivity contribution is 0.0930. The summed E-state index contributed by atoms with van der Waals surface area (Å²) in [5.41, 5.74) is 4.85. The zero-order valence-electron chi connectivity index (χ0n) is 9.01. The Morgan fingerprint density at radius 3 is 2.75 bits per heavy atom. The number of aromatic nitrogens is 2. The summed E-state index contributed by atoms with van der Waals surface area (Å²) in [6.07, 6.45) is 2.74. The van der Waals surface area contributed by atoms with E-state index in [2.05, 4.69) is 20.7 Å². The molecule has 4 N–H and O–H groups in total. The summed E-state index contributed by atoms with van der Waals surface area (Å²) in [5, 5.41) is 21.1. The Kier molecular flexibility index (Phi) is 3.39. The van der Waals surface area contributed by atoms with Crippen molar-refractivity contribution in [3.05, 3.63) is 24.0 Å². The molecule has 0 aromatic carbocycles. The summed E-state index contributed by atoms with van der Waals surface area (Å²) >= 11 is 0.